The van der Waals surface area contributed by atoms with Crippen molar-refractivity contribution in [1.82, 2.24) is 5.32 Å². The van der Waals surface area contributed by atoms with E-state index in [0.29, 0.717) is 6.42 Å². The predicted molar refractivity (Wildman–Crippen MR) is 34.6 cm³/mol. The third-order valence-corrected chi connectivity index (χ3v) is 1.53. The summed E-state index contributed by atoms with van der Waals surface area (Å²) in [5.74, 6) is 2.69. The van der Waals surface area contributed by atoms with Gasteiger partial charge < -0.3 is 5.32 Å². The number of rotatable bonds is 1. The second-order valence-electron chi connectivity index (χ2n) is 2.18. The number of carbonyl (C=O) groups excluding carboxylic acids is 1. The van der Waals surface area contributed by atoms with Gasteiger partial charge in [-0.2, -0.15) is 0 Å². The molecule has 2 heteroatoms. The van der Waals surface area contributed by atoms with Crippen LogP contribution in [0.15, 0.2) is 0 Å². The second kappa shape index (κ2) is 2.54. The predicted octanol–water partition coefficient (Wildman–Crippen LogP) is 0.146. The first-order valence-corrected chi connectivity index (χ1v) is 3.06. The summed E-state index contributed by atoms with van der Waals surface area (Å²) in [6.45, 7) is 0.797. The Morgan fingerprint density at radius 2 is 2.67 bits per heavy atom. The molecule has 0 saturated carbocycles. The lowest BCUT2D eigenvalue weighted by atomic mass is 10.1. The molecule has 0 aromatic heterocycles. The zero-order valence-corrected chi connectivity index (χ0v) is 5.18. The molecule has 48 valence electrons. The second-order valence-corrected chi connectivity index (χ2v) is 2.18. The summed E-state index contributed by atoms with van der Waals surface area (Å²) in [7, 11) is 0. The minimum Gasteiger partial charge on any atom is -0.356 e. The van der Waals surface area contributed by atoms with Crippen molar-refractivity contribution < 1.29 is 4.79 Å². The van der Waals surface area contributed by atoms with Gasteiger partial charge in [-0.05, 0) is 6.42 Å². The fraction of sp³-hybridized carbons (Fsp3) is 0.571. The normalized spacial score (nSPS) is 25.2. The van der Waals surface area contributed by atoms with Gasteiger partial charge in [0.25, 0.3) is 0 Å². The number of hydrogen-bond acceptors (Lipinski definition) is 1. The molecule has 1 N–H and O–H groups in total. The van der Waals surface area contributed by atoms with Gasteiger partial charge in [-0.3, -0.25) is 4.79 Å². The molecule has 1 amide bonds. The fourth-order valence-electron chi connectivity index (χ4n) is 0.982. The maximum Gasteiger partial charge on any atom is 0.224 e. The van der Waals surface area contributed by atoms with Gasteiger partial charge in [0.1, 0.15) is 0 Å². The molecule has 1 aliphatic heterocycles. The maximum atomic E-state index is 10.8. The van der Waals surface area contributed by atoms with Gasteiger partial charge in [-0.15, -0.1) is 12.3 Å². The Morgan fingerprint density at radius 3 is 3.11 bits per heavy atom. The molecule has 1 heterocycles. The number of carbonyl (C=O) groups is 1. The van der Waals surface area contributed by atoms with Crippen LogP contribution in [0.5, 0.6) is 0 Å². The molecule has 0 aliphatic carbocycles. The smallest absolute Gasteiger partial charge is 0.224 e. The van der Waals surface area contributed by atoms with Crippen LogP contribution in [-0.2, 0) is 4.79 Å². The molecule has 0 radical (unpaired) electrons. The van der Waals surface area contributed by atoms with Crippen molar-refractivity contribution in [2.45, 2.75) is 12.8 Å². The first-order valence-electron chi connectivity index (χ1n) is 3.06. The molecule has 0 aromatic carbocycles. The largest absolute Gasteiger partial charge is 0.356 e. The molecule has 2 nitrogen and oxygen atoms in total. The molecule has 1 saturated heterocycles. The van der Waals surface area contributed by atoms with Gasteiger partial charge in [-0.1, -0.05) is 0 Å². The summed E-state index contributed by atoms with van der Waals surface area (Å²) in [4.78, 5) is 10.8. The summed E-state index contributed by atoms with van der Waals surface area (Å²) < 4.78 is 0. The topological polar surface area (TPSA) is 29.1 Å². The van der Waals surface area contributed by atoms with Gasteiger partial charge in [0.15, 0.2) is 0 Å². The van der Waals surface area contributed by atoms with Crippen LogP contribution in [0.3, 0.4) is 0 Å². The van der Waals surface area contributed by atoms with Crippen molar-refractivity contribution in [3.63, 3.8) is 0 Å². The summed E-state index contributed by atoms with van der Waals surface area (Å²) in [6, 6.07) is 0. The van der Waals surface area contributed by atoms with Gasteiger partial charge >= 0.3 is 0 Å². The maximum absolute atomic E-state index is 10.8. The van der Waals surface area contributed by atoms with Crippen LogP contribution in [0, 0.1) is 18.3 Å². The van der Waals surface area contributed by atoms with E-state index in [1.54, 1.807) is 0 Å². The van der Waals surface area contributed by atoms with Gasteiger partial charge in [-0.25, -0.2) is 0 Å². The van der Waals surface area contributed by atoms with Crippen LogP contribution >= 0.6 is 0 Å². The quantitative estimate of drug-likeness (QED) is 0.494. The van der Waals surface area contributed by atoms with E-state index < -0.39 is 0 Å². The Balaban J connectivity index is 2.42. The van der Waals surface area contributed by atoms with Gasteiger partial charge in [0.2, 0.25) is 5.91 Å². The molecule has 1 aliphatic rings. The van der Waals surface area contributed by atoms with E-state index in [1.807, 2.05) is 0 Å². The van der Waals surface area contributed by atoms with Crippen LogP contribution in [0.1, 0.15) is 12.8 Å². The third-order valence-electron chi connectivity index (χ3n) is 1.53. The number of terminal acetylenes is 1. The molecule has 0 bridgehead atoms. The summed E-state index contributed by atoms with van der Waals surface area (Å²) in [5, 5.41) is 2.72. The Morgan fingerprint density at radius 1 is 1.89 bits per heavy atom. The molecule has 1 rings (SSSR count). The van der Waals surface area contributed by atoms with E-state index in [2.05, 4.69) is 11.2 Å². The zero-order valence-electron chi connectivity index (χ0n) is 5.18. The summed E-state index contributed by atoms with van der Waals surface area (Å²) >= 11 is 0. The first kappa shape index (κ1) is 6.15. The first-order chi connectivity index (χ1) is 4.34. The van der Waals surface area contributed by atoms with Gasteiger partial charge in [0.05, 0.1) is 5.92 Å². The van der Waals surface area contributed by atoms with E-state index in [9.17, 15) is 4.79 Å². The lowest BCUT2D eigenvalue weighted by Crippen LogP contribution is -2.18. The van der Waals surface area contributed by atoms with Crippen LogP contribution in [-0.4, -0.2) is 12.5 Å². The van der Waals surface area contributed by atoms with E-state index >= 15 is 0 Å². The Labute approximate surface area is 54.6 Å². The number of nitrogens with one attached hydrogen (secondary N) is 1. The van der Waals surface area contributed by atoms with Crippen molar-refractivity contribution in [2.75, 3.05) is 6.54 Å². The Bertz CT molecular complexity index is 157. The number of hydrogen-bond donors (Lipinski definition) is 1. The SMILES string of the molecule is C#CCC1CCNC1=O. The molecule has 0 spiro atoms. The highest BCUT2D eigenvalue weighted by Crippen LogP contribution is 2.11. The monoisotopic (exact) mass is 123 g/mol. The van der Waals surface area contributed by atoms with Crippen molar-refractivity contribution >= 4 is 5.91 Å². The highest BCUT2D eigenvalue weighted by Gasteiger charge is 2.22. The summed E-state index contributed by atoms with van der Waals surface area (Å²) in [6.07, 6.45) is 6.54. The lowest BCUT2D eigenvalue weighted by Gasteiger charge is -1.97. The van der Waals surface area contributed by atoms with E-state index in [4.69, 9.17) is 6.42 Å². The van der Waals surface area contributed by atoms with E-state index in [0.717, 1.165) is 13.0 Å². The molecular formula is C7H9NO. The highest BCUT2D eigenvalue weighted by molar-refractivity contribution is 5.80. The van der Waals surface area contributed by atoms with E-state index in [1.165, 1.54) is 0 Å². The summed E-state index contributed by atoms with van der Waals surface area (Å²) in [5.41, 5.74) is 0. The molecule has 1 fully saturated rings. The average molecular weight is 123 g/mol. The average Bonchev–Trinajstić information content (AvgIpc) is 2.18. The van der Waals surface area contributed by atoms with Crippen LogP contribution < -0.4 is 5.32 Å². The van der Waals surface area contributed by atoms with Crippen LogP contribution in [0.2, 0.25) is 0 Å². The van der Waals surface area contributed by atoms with E-state index in [-0.39, 0.29) is 11.8 Å². The Kier molecular flexibility index (Phi) is 1.74. The minimum atomic E-state index is 0.0926. The molecule has 1 atom stereocenters. The van der Waals surface area contributed by atoms with Crippen molar-refractivity contribution in [3.8, 4) is 12.3 Å². The Hall–Kier alpha value is -0.970. The zero-order chi connectivity index (χ0) is 6.69. The molecule has 1 unspecified atom stereocenters. The fourth-order valence-corrected chi connectivity index (χ4v) is 0.982. The van der Waals surface area contributed by atoms with Crippen molar-refractivity contribution in [2.24, 2.45) is 5.92 Å². The van der Waals surface area contributed by atoms with Crippen LogP contribution in [0.25, 0.3) is 0 Å². The molecule has 0 aromatic rings. The minimum absolute atomic E-state index is 0.0926. The molecule has 9 heavy (non-hydrogen) atoms. The number of amides is 1. The standard InChI is InChI=1S/C7H9NO/c1-2-3-6-4-5-8-7(6)9/h1,6H,3-5H2,(H,8,9). The van der Waals surface area contributed by atoms with Crippen LogP contribution in [0.4, 0.5) is 0 Å². The third kappa shape index (κ3) is 1.23. The van der Waals surface area contributed by atoms with Crippen molar-refractivity contribution in [1.29, 1.82) is 0 Å². The van der Waals surface area contributed by atoms with Crippen molar-refractivity contribution in [3.05, 3.63) is 0 Å². The highest BCUT2D eigenvalue weighted by atomic mass is 16.2. The lowest BCUT2D eigenvalue weighted by molar-refractivity contribution is -0.122. The molecular weight excluding hydrogens is 114 g/mol. The van der Waals surface area contributed by atoms with Gasteiger partial charge in [0, 0.05) is 13.0 Å².